The highest BCUT2D eigenvalue weighted by atomic mass is 79.9. The first-order valence-electron chi connectivity index (χ1n) is 4.75. The van der Waals surface area contributed by atoms with Crippen LogP contribution in [-0.4, -0.2) is 10.7 Å². The number of carbonyl (C=O) groups excluding carboxylic acids is 1. The van der Waals surface area contributed by atoms with Gasteiger partial charge in [-0.05, 0) is 23.7 Å². The summed E-state index contributed by atoms with van der Waals surface area (Å²) in [5.74, 6) is -0.130. The Labute approximate surface area is 87.4 Å². The SMILES string of the molecule is CC1(C)[C@@]2(C)CC[C@@]1(C(N)=O)[C@@H]2Br. The Bertz CT molecular complexity index is 289. The molecule has 0 radical (unpaired) electrons. The summed E-state index contributed by atoms with van der Waals surface area (Å²) in [6, 6.07) is 0. The fourth-order valence-electron chi connectivity index (χ4n) is 3.50. The van der Waals surface area contributed by atoms with Gasteiger partial charge in [-0.1, -0.05) is 36.7 Å². The maximum absolute atomic E-state index is 11.5. The lowest BCUT2D eigenvalue weighted by atomic mass is 9.43. The van der Waals surface area contributed by atoms with Crippen molar-refractivity contribution in [3.8, 4) is 0 Å². The smallest absolute Gasteiger partial charge is 0.225 e. The number of hydrogen-bond acceptors (Lipinski definition) is 1. The first-order valence-corrected chi connectivity index (χ1v) is 5.66. The van der Waals surface area contributed by atoms with Crippen LogP contribution in [0.2, 0.25) is 0 Å². The van der Waals surface area contributed by atoms with Crippen LogP contribution >= 0.6 is 15.9 Å². The highest BCUT2D eigenvalue weighted by molar-refractivity contribution is 9.09. The summed E-state index contributed by atoms with van der Waals surface area (Å²) in [4.78, 5) is 11.8. The number of alkyl halides is 1. The van der Waals surface area contributed by atoms with E-state index in [1.807, 2.05) is 0 Å². The third-order valence-corrected chi connectivity index (χ3v) is 6.81. The molecule has 0 aromatic rings. The van der Waals surface area contributed by atoms with Gasteiger partial charge in [-0.2, -0.15) is 0 Å². The van der Waals surface area contributed by atoms with Crippen LogP contribution in [0.5, 0.6) is 0 Å². The lowest BCUT2D eigenvalue weighted by Crippen LogP contribution is -2.68. The summed E-state index contributed by atoms with van der Waals surface area (Å²) in [6.07, 6.45) is 2.06. The minimum atomic E-state index is -0.290. The monoisotopic (exact) mass is 245 g/mol. The van der Waals surface area contributed by atoms with Crippen molar-refractivity contribution in [1.82, 2.24) is 0 Å². The van der Waals surface area contributed by atoms with Gasteiger partial charge < -0.3 is 5.73 Å². The average Bonchev–Trinajstić information content (AvgIpc) is 2.39. The van der Waals surface area contributed by atoms with Gasteiger partial charge in [0.1, 0.15) is 0 Å². The van der Waals surface area contributed by atoms with E-state index in [-0.39, 0.29) is 27.0 Å². The molecule has 3 aliphatic carbocycles. The Balaban J connectivity index is 2.50. The molecule has 0 aromatic carbocycles. The zero-order valence-electron chi connectivity index (χ0n) is 8.36. The van der Waals surface area contributed by atoms with Crippen molar-refractivity contribution < 1.29 is 4.79 Å². The molecule has 3 atom stereocenters. The Morgan fingerprint density at radius 1 is 1.38 bits per heavy atom. The third-order valence-electron chi connectivity index (χ3n) is 5.01. The van der Waals surface area contributed by atoms with Crippen molar-refractivity contribution in [1.29, 1.82) is 0 Å². The molecule has 2 nitrogen and oxygen atoms in total. The summed E-state index contributed by atoms with van der Waals surface area (Å²) in [5, 5.41) is 0. The van der Waals surface area contributed by atoms with E-state index in [1.165, 1.54) is 0 Å². The van der Waals surface area contributed by atoms with Crippen molar-refractivity contribution in [3.05, 3.63) is 0 Å². The molecule has 2 N–H and O–H groups in total. The molecule has 1 amide bonds. The number of carbonyl (C=O) groups is 1. The third kappa shape index (κ3) is 0.641. The molecular formula is C10H16BrNO. The highest BCUT2D eigenvalue weighted by Crippen LogP contribution is 2.79. The summed E-state index contributed by atoms with van der Waals surface area (Å²) >= 11 is 3.64. The lowest BCUT2D eigenvalue weighted by molar-refractivity contribution is -0.158. The van der Waals surface area contributed by atoms with E-state index < -0.39 is 0 Å². The van der Waals surface area contributed by atoms with Gasteiger partial charge in [0.05, 0.1) is 5.41 Å². The number of amides is 1. The Morgan fingerprint density at radius 3 is 2.08 bits per heavy atom. The number of fused-ring (bicyclic) bond motifs is 1. The first-order chi connectivity index (χ1) is 5.81. The van der Waals surface area contributed by atoms with Crippen LogP contribution in [0.25, 0.3) is 0 Å². The van der Waals surface area contributed by atoms with Crippen LogP contribution in [0.3, 0.4) is 0 Å². The molecule has 0 aliphatic heterocycles. The quantitative estimate of drug-likeness (QED) is 0.707. The number of hydrogen-bond donors (Lipinski definition) is 1. The van der Waals surface area contributed by atoms with Gasteiger partial charge in [0.15, 0.2) is 0 Å². The Hall–Kier alpha value is -0.0500. The van der Waals surface area contributed by atoms with Gasteiger partial charge in [0, 0.05) is 4.83 Å². The van der Waals surface area contributed by atoms with E-state index in [4.69, 9.17) is 5.73 Å². The Morgan fingerprint density at radius 2 is 1.92 bits per heavy atom. The van der Waals surface area contributed by atoms with Crippen LogP contribution in [-0.2, 0) is 4.79 Å². The molecule has 0 saturated heterocycles. The molecule has 2 bridgehead atoms. The van der Waals surface area contributed by atoms with Crippen LogP contribution in [0.1, 0.15) is 33.6 Å². The first kappa shape index (κ1) is 9.50. The van der Waals surface area contributed by atoms with E-state index in [0.717, 1.165) is 12.8 Å². The molecule has 0 heterocycles. The number of rotatable bonds is 1. The molecule has 3 saturated carbocycles. The number of halogens is 1. The van der Waals surface area contributed by atoms with Crippen molar-refractivity contribution >= 4 is 21.8 Å². The van der Waals surface area contributed by atoms with Gasteiger partial charge in [-0.25, -0.2) is 0 Å². The molecule has 3 heteroatoms. The van der Waals surface area contributed by atoms with Crippen molar-refractivity contribution in [3.63, 3.8) is 0 Å². The fraction of sp³-hybridized carbons (Fsp3) is 0.900. The standard InChI is InChI=1S/C10H16BrNO/c1-8(2)9(3)4-5-10(8,6(9)11)7(12)13/h6H,4-5H2,1-3H3,(H2,12,13)/t6-,9+,10+/m1/s1. The van der Waals surface area contributed by atoms with Gasteiger partial charge >= 0.3 is 0 Å². The summed E-state index contributed by atoms with van der Waals surface area (Å²) in [5.41, 5.74) is 5.54. The number of nitrogens with two attached hydrogens (primary N) is 1. The molecule has 3 rings (SSSR count). The Kier molecular flexibility index (Phi) is 1.56. The topological polar surface area (TPSA) is 43.1 Å². The van der Waals surface area contributed by atoms with Gasteiger partial charge in [-0.3, -0.25) is 4.79 Å². The molecular weight excluding hydrogens is 230 g/mol. The van der Waals surface area contributed by atoms with Crippen molar-refractivity contribution in [2.75, 3.05) is 0 Å². The molecule has 0 aromatic heterocycles. The molecule has 0 unspecified atom stereocenters. The van der Waals surface area contributed by atoms with E-state index in [2.05, 4.69) is 36.7 Å². The van der Waals surface area contributed by atoms with Crippen molar-refractivity contribution in [2.24, 2.45) is 22.0 Å². The maximum Gasteiger partial charge on any atom is 0.225 e. The van der Waals surface area contributed by atoms with E-state index in [0.29, 0.717) is 0 Å². The summed E-state index contributed by atoms with van der Waals surface area (Å²) in [6.45, 7) is 6.59. The molecule has 13 heavy (non-hydrogen) atoms. The molecule has 74 valence electrons. The molecule has 3 aliphatic rings. The van der Waals surface area contributed by atoms with E-state index >= 15 is 0 Å². The summed E-state index contributed by atoms with van der Waals surface area (Å²) in [7, 11) is 0. The zero-order valence-corrected chi connectivity index (χ0v) is 9.94. The van der Waals surface area contributed by atoms with Gasteiger partial charge in [0.25, 0.3) is 0 Å². The largest absolute Gasteiger partial charge is 0.369 e. The van der Waals surface area contributed by atoms with Crippen LogP contribution in [0.4, 0.5) is 0 Å². The summed E-state index contributed by atoms with van der Waals surface area (Å²) < 4.78 is 0. The second-order valence-corrected chi connectivity index (χ2v) is 6.16. The van der Waals surface area contributed by atoms with Crippen LogP contribution < -0.4 is 5.73 Å². The lowest BCUT2D eigenvalue weighted by Gasteiger charge is -2.63. The predicted octanol–water partition coefficient (Wildman–Crippen LogP) is 2.06. The van der Waals surface area contributed by atoms with Gasteiger partial charge in [-0.15, -0.1) is 0 Å². The highest BCUT2D eigenvalue weighted by Gasteiger charge is 2.79. The minimum absolute atomic E-state index is 0.0556. The van der Waals surface area contributed by atoms with E-state index in [9.17, 15) is 4.79 Å². The van der Waals surface area contributed by atoms with Gasteiger partial charge in [0.2, 0.25) is 5.91 Å². The molecule has 3 fully saturated rings. The minimum Gasteiger partial charge on any atom is -0.369 e. The van der Waals surface area contributed by atoms with E-state index in [1.54, 1.807) is 0 Å². The second-order valence-electron chi connectivity index (χ2n) is 5.24. The predicted molar refractivity (Wildman–Crippen MR) is 55.5 cm³/mol. The zero-order chi connectivity index (χ0) is 10.1. The normalized spacial score (nSPS) is 51.5. The fourth-order valence-corrected chi connectivity index (χ4v) is 5.33. The molecule has 0 spiro atoms. The second kappa shape index (κ2) is 2.13. The maximum atomic E-state index is 11.5. The average molecular weight is 246 g/mol. The van der Waals surface area contributed by atoms with Crippen LogP contribution in [0, 0.1) is 16.2 Å². The van der Waals surface area contributed by atoms with Crippen molar-refractivity contribution in [2.45, 2.75) is 38.4 Å². The number of primary amides is 1. The van der Waals surface area contributed by atoms with Crippen LogP contribution in [0.15, 0.2) is 0 Å².